The number of hydrogen-bond acceptors (Lipinski definition) is 4. The molecule has 2 aromatic rings. The summed E-state index contributed by atoms with van der Waals surface area (Å²) in [7, 11) is 1.50. The summed E-state index contributed by atoms with van der Waals surface area (Å²) >= 11 is 3.22. The van der Waals surface area contributed by atoms with Gasteiger partial charge in [-0.15, -0.1) is 0 Å². The van der Waals surface area contributed by atoms with Crippen LogP contribution in [0.25, 0.3) is 0 Å². The van der Waals surface area contributed by atoms with Crippen LogP contribution in [0.15, 0.2) is 40.9 Å². The van der Waals surface area contributed by atoms with Crippen LogP contribution in [0, 0.1) is 0 Å². The number of carbonyl (C=O) groups excluding carboxylic acids is 1. The molecule has 0 unspecified atom stereocenters. The summed E-state index contributed by atoms with van der Waals surface area (Å²) in [6.45, 7) is 0. The number of aromatic hydroxyl groups is 1. The molecule has 0 saturated carbocycles. The Bertz CT molecular complexity index is 659. The molecule has 0 aliphatic carbocycles. The van der Waals surface area contributed by atoms with Crippen LogP contribution in [-0.4, -0.2) is 18.1 Å². The molecule has 0 radical (unpaired) electrons. The van der Waals surface area contributed by atoms with Crippen LogP contribution in [-0.2, 0) is 0 Å². The van der Waals surface area contributed by atoms with Crippen molar-refractivity contribution in [3.8, 4) is 11.5 Å². The zero-order valence-electron chi connectivity index (χ0n) is 10.7. The van der Waals surface area contributed by atoms with Crippen molar-refractivity contribution >= 4 is 33.2 Å². The first-order chi connectivity index (χ1) is 9.51. The lowest BCUT2D eigenvalue weighted by atomic mass is 10.1. The number of hydrogen-bond donors (Lipinski definition) is 3. The third kappa shape index (κ3) is 3.03. The Morgan fingerprint density at radius 2 is 2.05 bits per heavy atom. The van der Waals surface area contributed by atoms with Crippen LogP contribution in [0.5, 0.6) is 11.5 Å². The second-order valence-electron chi connectivity index (χ2n) is 4.08. The summed E-state index contributed by atoms with van der Waals surface area (Å²) in [4.78, 5) is 12.1. The van der Waals surface area contributed by atoms with E-state index in [1.807, 2.05) is 0 Å². The van der Waals surface area contributed by atoms with E-state index in [1.165, 1.54) is 19.2 Å². The number of nitrogen functional groups attached to an aromatic ring is 1. The molecule has 0 bridgehead atoms. The summed E-state index contributed by atoms with van der Waals surface area (Å²) in [5.41, 5.74) is 6.79. The van der Waals surface area contributed by atoms with Crippen LogP contribution < -0.4 is 15.8 Å². The molecule has 0 aliphatic rings. The van der Waals surface area contributed by atoms with Crippen molar-refractivity contribution in [1.29, 1.82) is 0 Å². The minimum Gasteiger partial charge on any atom is -0.507 e. The zero-order valence-corrected chi connectivity index (χ0v) is 12.3. The van der Waals surface area contributed by atoms with E-state index in [0.717, 1.165) is 0 Å². The maximum atomic E-state index is 12.1. The fraction of sp³-hybridized carbons (Fsp3) is 0.0714. The lowest BCUT2D eigenvalue weighted by Gasteiger charge is -2.11. The molecular formula is C14H13BrN2O3. The summed E-state index contributed by atoms with van der Waals surface area (Å²) in [5.74, 6) is -0.0669. The lowest BCUT2D eigenvalue weighted by Crippen LogP contribution is -2.13. The molecule has 0 atom stereocenters. The highest BCUT2D eigenvalue weighted by atomic mass is 79.9. The average molecular weight is 337 g/mol. The van der Waals surface area contributed by atoms with Crippen molar-refractivity contribution in [2.24, 2.45) is 0 Å². The molecule has 5 nitrogen and oxygen atoms in total. The number of rotatable bonds is 3. The van der Waals surface area contributed by atoms with E-state index in [0.29, 0.717) is 21.6 Å². The summed E-state index contributed by atoms with van der Waals surface area (Å²) in [6, 6.07) is 9.56. The molecule has 20 heavy (non-hydrogen) atoms. The SMILES string of the molecule is COc1ccc(N)cc1NC(=O)c1ccc(Br)cc1O. The Morgan fingerprint density at radius 1 is 1.30 bits per heavy atom. The minimum atomic E-state index is -0.445. The monoisotopic (exact) mass is 336 g/mol. The Hall–Kier alpha value is -2.21. The molecule has 0 spiro atoms. The molecule has 2 aromatic carbocycles. The van der Waals surface area contributed by atoms with Crippen molar-refractivity contribution in [1.82, 2.24) is 0 Å². The summed E-state index contributed by atoms with van der Waals surface area (Å²) in [5, 5.41) is 12.4. The van der Waals surface area contributed by atoms with Crippen molar-refractivity contribution in [2.45, 2.75) is 0 Å². The van der Waals surface area contributed by atoms with Gasteiger partial charge in [-0.05, 0) is 36.4 Å². The highest BCUT2D eigenvalue weighted by Crippen LogP contribution is 2.28. The predicted octanol–water partition coefficient (Wildman–Crippen LogP) is 3.00. The maximum absolute atomic E-state index is 12.1. The van der Waals surface area contributed by atoms with E-state index >= 15 is 0 Å². The van der Waals surface area contributed by atoms with Gasteiger partial charge in [0.1, 0.15) is 11.5 Å². The fourth-order valence-electron chi connectivity index (χ4n) is 1.71. The van der Waals surface area contributed by atoms with Gasteiger partial charge in [-0.25, -0.2) is 0 Å². The van der Waals surface area contributed by atoms with Crippen molar-refractivity contribution in [3.05, 3.63) is 46.4 Å². The van der Waals surface area contributed by atoms with Crippen LogP contribution in [0.4, 0.5) is 11.4 Å². The number of phenols is 1. The molecule has 104 valence electrons. The number of methoxy groups -OCH3 is 1. The van der Waals surface area contributed by atoms with E-state index in [4.69, 9.17) is 10.5 Å². The third-order valence-electron chi connectivity index (χ3n) is 2.68. The number of carbonyl (C=O) groups is 1. The van der Waals surface area contributed by atoms with Crippen molar-refractivity contribution in [2.75, 3.05) is 18.2 Å². The summed E-state index contributed by atoms with van der Waals surface area (Å²) < 4.78 is 5.83. The molecule has 0 aliphatic heterocycles. The van der Waals surface area contributed by atoms with Crippen LogP contribution in [0.2, 0.25) is 0 Å². The molecule has 0 heterocycles. The first kappa shape index (κ1) is 14.2. The largest absolute Gasteiger partial charge is 0.507 e. The second kappa shape index (κ2) is 5.83. The molecule has 1 amide bonds. The van der Waals surface area contributed by atoms with Gasteiger partial charge in [0, 0.05) is 10.2 Å². The number of phenolic OH excluding ortho intramolecular Hbond substituents is 1. The number of benzene rings is 2. The highest BCUT2D eigenvalue weighted by Gasteiger charge is 2.14. The number of amides is 1. The normalized spacial score (nSPS) is 10.1. The van der Waals surface area contributed by atoms with Gasteiger partial charge in [0.2, 0.25) is 0 Å². The quantitative estimate of drug-likeness (QED) is 0.752. The molecule has 0 saturated heterocycles. The van der Waals surface area contributed by atoms with Gasteiger partial charge in [0.05, 0.1) is 18.4 Å². The van der Waals surface area contributed by atoms with Crippen LogP contribution in [0.1, 0.15) is 10.4 Å². The van der Waals surface area contributed by atoms with Gasteiger partial charge in [-0.3, -0.25) is 4.79 Å². The second-order valence-corrected chi connectivity index (χ2v) is 4.99. The van der Waals surface area contributed by atoms with Crippen molar-refractivity contribution in [3.63, 3.8) is 0 Å². The molecule has 0 fully saturated rings. The Kier molecular flexibility index (Phi) is 4.14. The van der Waals surface area contributed by atoms with Gasteiger partial charge >= 0.3 is 0 Å². The molecule has 4 N–H and O–H groups in total. The van der Waals surface area contributed by atoms with E-state index in [2.05, 4.69) is 21.2 Å². The van der Waals surface area contributed by atoms with E-state index in [9.17, 15) is 9.90 Å². The standard InChI is InChI=1S/C14H13BrN2O3/c1-20-13-5-3-9(16)7-11(13)17-14(19)10-4-2-8(15)6-12(10)18/h2-7,18H,16H2,1H3,(H,17,19). The number of ether oxygens (including phenoxy) is 1. The molecule has 2 rings (SSSR count). The summed E-state index contributed by atoms with van der Waals surface area (Å²) in [6.07, 6.45) is 0. The smallest absolute Gasteiger partial charge is 0.259 e. The van der Waals surface area contributed by atoms with E-state index in [-0.39, 0.29) is 11.3 Å². The van der Waals surface area contributed by atoms with Crippen LogP contribution >= 0.6 is 15.9 Å². The van der Waals surface area contributed by atoms with Gasteiger partial charge in [0.15, 0.2) is 0 Å². The van der Waals surface area contributed by atoms with Gasteiger partial charge in [-0.1, -0.05) is 15.9 Å². The number of nitrogens with one attached hydrogen (secondary N) is 1. The lowest BCUT2D eigenvalue weighted by molar-refractivity contribution is 0.102. The zero-order chi connectivity index (χ0) is 14.7. The van der Waals surface area contributed by atoms with Gasteiger partial charge in [0.25, 0.3) is 5.91 Å². The molecular weight excluding hydrogens is 324 g/mol. The van der Waals surface area contributed by atoms with Crippen molar-refractivity contribution < 1.29 is 14.6 Å². The van der Waals surface area contributed by atoms with Gasteiger partial charge < -0.3 is 20.9 Å². The first-order valence-electron chi connectivity index (χ1n) is 5.74. The van der Waals surface area contributed by atoms with E-state index in [1.54, 1.807) is 24.3 Å². The predicted molar refractivity (Wildman–Crippen MR) is 81.2 cm³/mol. The third-order valence-corrected chi connectivity index (χ3v) is 3.17. The maximum Gasteiger partial charge on any atom is 0.259 e. The molecule has 6 heteroatoms. The Morgan fingerprint density at radius 3 is 2.70 bits per heavy atom. The minimum absolute atomic E-state index is 0.111. The fourth-order valence-corrected chi connectivity index (χ4v) is 2.06. The number of nitrogens with two attached hydrogens (primary N) is 1. The Balaban J connectivity index is 2.30. The number of halogens is 1. The Labute approximate surface area is 124 Å². The highest BCUT2D eigenvalue weighted by molar-refractivity contribution is 9.10. The number of anilines is 2. The van der Waals surface area contributed by atoms with E-state index < -0.39 is 5.91 Å². The topological polar surface area (TPSA) is 84.6 Å². The average Bonchev–Trinajstić information content (AvgIpc) is 2.38. The first-order valence-corrected chi connectivity index (χ1v) is 6.54. The molecule has 0 aromatic heterocycles. The van der Waals surface area contributed by atoms with Gasteiger partial charge in [-0.2, -0.15) is 0 Å². The van der Waals surface area contributed by atoms with Crippen LogP contribution in [0.3, 0.4) is 0 Å².